The van der Waals surface area contributed by atoms with E-state index >= 15 is 0 Å². The number of esters is 1. The number of sulfonamides is 1. The summed E-state index contributed by atoms with van der Waals surface area (Å²) in [6.07, 6.45) is 5.12. The maximum atomic E-state index is 12.4. The number of amides is 1. The summed E-state index contributed by atoms with van der Waals surface area (Å²) in [5.41, 5.74) is 1.09. The summed E-state index contributed by atoms with van der Waals surface area (Å²) in [7, 11) is -2.32. The molecule has 0 saturated heterocycles. The van der Waals surface area contributed by atoms with Crippen LogP contribution in [-0.2, 0) is 32.6 Å². The number of para-hydroxylation sites is 2. The van der Waals surface area contributed by atoms with Crippen molar-refractivity contribution in [3.8, 4) is 18.1 Å². The van der Waals surface area contributed by atoms with Crippen LogP contribution in [0.5, 0.6) is 5.75 Å². The van der Waals surface area contributed by atoms with Gasteiger partial charge in [0.05, 0.1) is 41.9 Å². The second-order valence-electron chi connectivity index (χ2n) is 6.79. The maximum absolute atomic E-state index is 12.4. The highest BCUT2D eigenvalue weighted by Gasteiger charge is 2.17. The Balaban J connectivity index is 1.57. The first-order chi connectivity index (χ1) is 16.3. The van der Waals surface area contributed by atoms with Crippen LogP contribution >= 0.6 is 11.3 Å². The van der Waals surface area contributed by atoms with Gasteiger partial charge in [-0.15, -0.1) is 17.8 Å². The molecule has 0 saturated carbocycles. The van der Waals surface area contributed by atoms with E-state index in [2.05, 4.69) is 20.9 Å². The Labute approximate surface area is 201 Å². The van der Waals surface area contributed by atoms with Crippen molar-refractivity contribution in [2.24, 2.45) is 0 Å². The summed E-state index contributed by atoms with van der Waals surface area (Å²) in [5.74, 6) is 1.75. The number of hydrogen-bond donors (Lipinski definition) is 2. The molecular weight excluding hydrogens is 478 g/mol. The van der Waals surface area contributed by atoms with Crippen molar-refractivity contribution < 1.29 is 27.5 Å². The fraction of sp³-hybridized carbons (Fsp3) is 0.174. The number of methoxy groups -OCH3 is 1. The normalized spacial score (nSPS) is 10.8. The van der Waals surface area contributed by atoms with Gasteiger partial charge in [0, 0.05) is 5.38 Å². The molecule has 3 aromatic rings. The van der Waals surface area contributed by atoms with Crippen LogP contribution in [0.2, 0.25) is 0 Å². The predicted octanol–water partition coefficient (Wildman–Crippen LogP) is 2.60. The van der Waals surface area contributed by atoms with Gasteiger partial charge < -0.3 is 14.8 Å². The summed E-state index contributed by atoms with van der Waals surface area (Å²) >= 11 is 1.26. The highest BCUT2D eigenvalue weighted by molar-refractivity contribution is 7.89. The zero-order valence-electron chi connectivity index (χ0n) is 18.1. The number of thiazole rings is 1. The van der Waals surface area contributed by atoms with Crippen molar-refractivity contribution in [3.05, 3.63) is 70.2 Å². The van der Waals surface area contributed by atoms with Crippen LogP contribution in [0, 0.1) is 12.3 Å². The number of benzene rings is 2. The first-order valence-electron chi connectivity index (χ1n) is 9.89. The first-order valence-corrected chi connectivity index (χ1v) is 12.2. The van der Waals surface area contributed by atoms with Crippen molar-refractivity contribution in [3.63, 3.8) is 0 Å². The molecule has 9 nitrogen and oxygen atoms in total. The number of nitrogens with one attached hydrogen (secondary N) is 2. The van der Waals surface area contributed by atoms with Crippen LogP contribution in [0.25, 0.3) is 0 Å². The molecule has 0 aliphatic heterocycles. The molecule has 1 heterocycles. The number of carbonyl (C=O) groups excluding carboxylic acids is 2. The summed E-state index contributed by atoms with van der Waals surface area (Å²) in [5, 5.41) is 5.00. The molecule has 1 aromatic heterocycles. The number of anilines is 1. The van der Waals surface area contributed by atoms with Crippen LogP contribution in [-0.4, -0.2) is 38.9 Å². The van der Waals surface area contributed by atoms with Gasteiger partial charge in [0.2, 0.25) is 15.9 Å². The standard InChI is InChI=1S/C23H21N3O6S2/c1-3-11-24-34(29,30)18-8-6-7-16(12-18)23(28)32-14-17-15-33-22(25-17)13-21(27)26-19-9-4-5-10-20(19)31-2/h1,4-10,12,15,24H,11,13-14H2,2H3,(H,26,27). The predicted molar refractivity (Wildman–Crippen MR) is 127 cm³/mol. The minimum atomic E-state index is -3.84. The van der Waals surface area contributed by atoms with E-state index in [0.717, 1.165) is 0 Å². The highest BCUT2D eigenvalue weighted by Crippen LogP contribution is 2.23. The number of hydrogen-bond acceptors (Lipinski definition) is 8. The molecule has 176 valence electrons. The van der Waals surface area contributed by atoms with Crippen molar-refractivity contribution in [1.82, 2.24) is 9.71 Å². The van der Waals surface area contributed by atoms with Gasteiger partial charge in [-0.05, 0) is 30.3 Å². The third-order valence-electron chi connectivity index (χ3n) is 4.39. The smallest absolute Gasteiger partial charge is 0.338 e. The number of carbonyl (C=O) groups is 2. The Hall–Kier alpha value is -3.72. The third-order valence-corrected chi connectivity index (χ3v) is 6.68. The summed E-state index contributed by atoms with van der Waals surface area (Å²) in [6, 6.07) is 12.5. The second kappa shape index (κ2) is 11.4. The molecular formula is C23H21N3O6S2. The lowest BCUT2D eigenvalue weighted by molar-refractivity contribution is -0.115. The SMILES string of the molecule is C#CCNS(=O)(=O)c1cccc(C(=O)OCc2csc(CC(=O)Nc3ccccc3OC)n2)c1. The van der Waals surface area contributed by atoms with Crippen LogP contribution < -0.4 is 14.8 Å². The number of ether oxygens (including phenoxy) is 2. The molecule has 0 bridgehead atoms. The third kappa shape index (κ3) is 6.64. The topological polar surface area (TPSA) is 124 Å². The van der Waals surface area contributed by atoms with E-state index in [1.807, 2.05) is 0 Å². The Morgan fingerprint density at radius 1 is 1.18 bits per heavy atom. The molecule has 0 spiro atoms. The van der Waals surface area contributed by atoms with Crippen molar-refractivity contribution >= 4 is 38.9 Å². The van der Waals surface area contributed by atoms with Gasteiger partial charge in [-0.2, -0.15) is 4.72 Å². The first kappa shape index (κ1) is 24.9. The summed E-state index contributed by atoms with van der Waals surface area (Å²) < 4.78 is 37.0. The maximum Gasteiger partial charge on any atom is 0.338 e. The number of aromatic nitrogens is 1. The van der Waals surface area contributed by atoms with Crippen molar-refractivity contribution in [1.29, 1.82) is 0 Å². The molecule has 2 aromatic carbocycles. The molecule has 0 fully saturated rings. The molecule has 0 atom stereocenters. The monoisotopic (exact) mass is 499 g/mol. The van der Waals surface area contributed by atoms with Crippen LogP contribution in [0.1, 0.15) is 21.1 Å². The molecule has 0 unspecified atom stereocenters. The van der Waals surface area contributed by atoms with Gasteiger partial charge in [-0.1, -0.05) is 24.1 Å². The van der Waals surface area contributed by atoms with Crippen molar-refractivity contribution in [2.45, 2.75) is 17.9 Å². The van der Waals surface area contributed by atoms with E-state index in [1.165, 1.54) is 42.7 Å². The number of rotatable bonds is 10. The zero-order valence-corrected chi connectivity index (χ0v) is 19.7. The largest absolute Gasteiger partial charge is 0.495 e. The lowest BCUT2D eigenvalue weighted by Gasteiger charge is -2.09. The minimum absolute atomic E-state index is 0.0429. The lowest BCUT2D eigenvalue weighted by atomic mass is 10.2. The number of nitrogens with zero attached hydrogens (tertiary/aromatic N) is 1. The zero-order chi connectivity index (χ0) is 24.6. The molecule has 0 aliphatic rings. The number of terminal acetylenes is 1. The van der Waals surface area contributed by atoms with E-state index in [0.29, 0.717) is 22.1 Å². The average Bonchev–Trinajstić information content (AvgIpc) is 3.28. The van der Waals surface area contributed by atoms with Gasteiger partial charge in [0.15, 0.2) is 0 Å². The molecule has 1 amide bonds. The van der Waals surface area contributed by atoms with E-state index in [1.54, 1.807) is 29.6 Å². The molecule has 0 aliphatic carbocycles. The molecule has 0 radical (unpaired) electrons. The van der Waals surface area contributed by atoms with Gasteiger partial charge in [-0.25, -0.2) is 18.2 Å². The highest BCUT2D eigenvalue weighted by atomic mass is 32.2. The molecule has 34 heavy (non-hydrogen) atoms. The molecule has 3 rings (SSSR count). The Kier molecular flexibility index (Phi) is 8.37. The van der Waals surface area contributed by atoms with Gasteiger partial charge >= 0.3 is 5.97 Å². The minimum Gasteiger partial charge on any atom is -0.495 e. The average molecular weight is 500 g/mol. The van der Waals surface area contributed by atoms with Gasteiger partial charge in [0.25, 0.3) is 0 Å². The van der Waals surface area contributed by atoms with E-state index in [4.69, 9.17) is 15.9 Å². The van der Waals surface area contributed by atoms with Crippen LogP contribution in [0.3, 0.4) is 0 Å². The molecule has 2 N–H and O–H groups in total. The van der Waals surface area contributed by atoms with Crippen LogP contribution in [0.4, 0.5) is 5.69 Å². The fourth-order valence-electron chi connectivity index (χ4n) is 2.81. The Morgan fingerprint density at radius 2 is 1.97 bits per heavy atom. The summed E-state index contributed by atoms with van der Waals surface area (Å²) in [6.45, 7) is -0.296. The van der Waals surface area contributed by atoms with E-state index < -0.39 is 16.0 Å². The second-order valence-corrected chi connectivity index (χ2v) is 9.50. The quantitative estimate of drug-likeness (QED) is 0.325. The lowest BCUT2D eigenvalue weighted by Crippen LogP contribution is -2.24. The van der Waals surface area contributed by atoms with E-state index in [-0.39, 0.29) is 35.9 Å². The van der Waals surface area contributed by atoms with Crippen molar-refractivity contribution in [2.75, 3.05) is 19.0 Å². The fourth-order valence-corrected chi connectivity index (χ4v) is 4.57. The Morgan fingerprint density at radius 3 is 2.74 bits per heavy atom. The van der Waals surface area contributed by atoms with E-state index in [9.17, 15) is 18.0 Å². The molecule has 11 heteroatoms. The van der Waals surface area contributed by atoms with Gasteiger partial charge in [0.1, 0.15) is 17.4 Å². The Bertz CT molecular complexity index is 1330. The van der Waals surface area contributed by atoms with Gasteiger partial charge in [-0.3, -0.25) is 4.79 Å². The summed E-state index contributed by atoms with van der Waals surface area (Å²) in [4.78, 5) is 28.9. The van der Waals surface area contributed by atoms with Crippen LogP contribution in [0.15, 0.2) is 58.8 Å².